The predicted molar refractivity (Wildman–Crippen MR) is 99.1 cm³/mol. The lowest BCUT2D eigenvalue weighted by atomic mass is 9.50. The second-order valence-corrected chi connectivity index (χ2v) is 9.40. The third-order valence-electron chi connectivity index (χ3n) is 8.42. The van der Waals surface area contributed by atoms with Gasteiger partial charge in [-0.15, -0.1) is 0 Å². The monoisotopic (exact) mass is 340 g/mol. The van der Waals surface area contributed by atoms with Gasteiger partial charge in [0.05, 0.1) is 6.10 Å². The molecule has 3 fully saturated rings. The quantitative estimate of drug-likeness (QED) is 0.664. The zero-order valence-corrected chi connectivity index (χ0v) is 15.6. The Morgan fingerprint density at radius 1 is 1.20 bits per heavy atom. The Morgan fingerprint density at radius 3 is 3.00 bits per heavy atom. The van der Waals surface area contributed by atoms with Crippen LogP contribution in [0.1, 0.15) is 64.7 Å². The fraction of sp³-hybridized carbons (Fsp3) is 0.783. The fourth-order valence-corrected chi connectivity index (χ4v) is 7.10. The maximum atomic E-state index is 11.9. The first-order valence-corrected chi connectivity index (χ1v) is 10.8. The molecule has 5 rings (SSSR count). The van der Waals surface area contributed by atoms with Crippen LogP contribution >= 0.6 is 0 Å². The molecule has 136 valence electrons. The number of carbonyl (C=O) groups excluding carboxylic acids is 1. The van der Waals surface area contributed by atoms with E-state index in [-0.39, 0.29) is 0 Å². The summed E-state index contributed by atoms with van der Waals surface area (Å²) in [6, 6.07) is 0. The first-order valence-electron chi connectivity index (χ1n) is 10.8. The molecule has 0 aromatic heterocycles. The summed E-state index contributed by atoms with van der Waals surface area (Å²) >= 11 is 0. The van der Waals surface area contributed by atoms with Gasteiger partial charge < -0.3 is 4.74 Å². The van der Waals surface area contributed by atoms with Crippen LogP contribution in [-0.2, 0) is 9.53 Å². The van der Waals surface area contributed by atoms with Crippen molar-refractivity contribution in [2.45, 2.75) is 70.8 Å². The van der Waals surface area contributed by atoms with Crippen molar-refractivity contribution >= 4 is 5.78 Å². The minimum atomic E-state index is 0.339. The molecule has 5 aliphatic rings. The highest BCUT2D eigenvalue weighted by atomic mass is 16.5. The molecule has 0 amide bonds. The Kier molecular flexibility index (Phi) is 3.96. The van der Waals surface area contributed by atoms with E-state index in [1.54, 1.807) is 0 Å². The molecular weight excluding hydrogens is 308 g/mol. The summed E-state index contributed by atoms with van der Waals surface area (Å²) in [4.78, 5) is 11.9. The predicted octanol–water partition coefficient (Wildman–Crippen LogP) is 5.09. The van der Waals surface area contributed by atoms with E-state index < -0.39 is 0 Å². The lowest BCUT2D eigenvalue weighted by Gasteiger charge is -2.54. The number of carbonyl (C=O) groups is 1. The van der Waals surface area contributed by atoms with Crippen molar-refractivity contribution in [1.29, 1.82) is 0 Å². The molecule has 0 unspecified atom stereocenters. The Labute approximate surface area is 152 Å². The van der Waals surface area contributed by atoms with Crippen molar-refractivity contribution in [3.8, 4) is 0 Å². The summed E-state index contributed by atoms with van der Waals surface area (Å²) < 4.78 is 6.20. The third-order valence-corrected chi connectivity index (χ3v) is 8.42. The summed E-state index contributed by atoms with van der Waals surface area (Å²) in [6.07, 6.45) is 18.6. The lowest BCUT2D eigenvalue weighted by molar-refractivity contribution is -0.115. The van der Waals surface area contributed by atoms with E-state index in [9.17, 15) is 4.79 Å². The van der Waals surface area contributed by atoms with Crippen molar-refractivity contribution < 1.29 is 9.53 Å². The smallest absolute Gasteiger partial charge is 0.155 e. The number of ketones is 1. The Morgan fingerprint density at radius 2 is 2.12 bits per heavy atom. The van der Waals surface area contributed by atoms with Crippen molar-refractivity contribution in [1.82, 2.24) is 0 Å². The molecular formula is C23H32O2. The van der Waals surface area contributed by atoms with Crippen LogP contribution in [0.2, 0.25) is 0 Å². The number of fused-ring (bicyclic) bond motifs is 7. The number of rotatable bonds is 1. The topological polar surface area (TPSA) is 26.3 Å². The van der Waals surface area contributed by atoms with Gasteiger partial charge in [0.25, 0.3) is 0 Å². The van der Waals surface area contributed by atoms with Gasteiger partial charge in [0.2, 0.25) is 0 Å². The normalized spacial score (nSPS) is 48.7. The molecule has 25 heavy (non-hydrogen) atoms. The highest BCUT2D eigenvalue weighted by Crippen LogP contribution is 2.64. The van der Waals surface area contributed by atoms with Crippen LogP contribution in [0.5, 0.6) is 0 Å². The summed E-state index contributed by atoms with van der Waals surface area (Å²) in [5, 5.41) is 0. The van der Waals surface area contributed by atoms with Crippen LogP contribution in [0.25, 0.3) is 0 Å². The van der Waals surface area contributed by atoms with E-state index in [1.165, 1.54) is 50.5 Å². The van der Waals surface area contributed by atoms with E-state index in [2.05, 4.69) is 19.1 Å². The Hall–Kier alpha value is -0.890. The minimum Gasteiger partial charge on any atom is -0.378 e. The molecule has 1 heterocycles. The molecule has 0 aromatic carbocycles. The van der Waals surface area contributed by atoms with Gasteiger partial charge in [-0.2, -0.15) is 0 Å². The average molecular weight is 341 g/mol. The van der Waals surface area contributed by atoms with E-state index in [4.69, 9.17) is 4.74 Å². The van der Waals surface area contributed by atoms with Crippen LogP contribution in [0.15, 0.2) is 23.8 Å². The number of allylic oxidation sites excluding steroid dienone is 4. The van der Waals surface area contributed by atoms with Crippen LogP contribution in [0.4, 0.5) is 0 Å². The van der Waals surface area contributed by atoms with E-state index in [0.717, 1.165) is 43.1 Å². The summed E-state index contributed by atoms with van der Waals surface area (Å²) in [5.74, 6) is 4.09. The Bertz CT molecular complexity index is 618. The van der Waals surface area contributed by atoms with Crippen LogP contribution in [-0.4, -0.2) is 18.5 Å². The summed E-state index contributed by atoms with van der Waals surface area (Å²) in [5.41, 5.74) is 1.89. The maximum absolute atomic E-state index is 11.9. The number of hydrogen-bond donors (Lipinski definition) is 0. The number of ether oxygens (including phenoxy) is 1. The average Bonchev–Trinajstić information content (AvgIpc) is 3.38. The van der Waals surface area contributed by atoms with E-state index in [0.29, 0.717) is 23.2 Å². The zero-order chi connectivity index (χ0) is 17.0. The Balaban J connectivity index is 1.52. The fourth-order valence-electron chi connectivity index (χ4n) is 7.10. The molecule has 0 bridgehead atoms. The maximum Gasteiger partial charge on any atom is 0.155 e. The van der Waals surface area contributed by atoms with E-state index in [1.807, 2.05) is 6.08 Å². The first kappa shape index (κ1) is 16.3. The van der Waals surface area contributed by atoms with Gasteiger partial charge in [-0.1, -0.05) is 31.9 Å². The van der Waals surface area contributed by atoms with Gasteiger partial charge >= 0.3 is 0 Å². The molecule has 2 nitrogen and oxygen atoms in total. The molecule has 2 heteroatoms. The van der Waals surface area contributed by atoms with Crippen molar-refractivity contribution in [2.24, 2.45) is 35.0 Å². The van der Waals surface area contributed by atoms with Gasteiger partial charge in [0, 0.05) is 13.0 Å². The first-order chi connectivity index (χ1) is 12.2. The van der Waals surface area contributed by atoms with Crippen LogP contribution < -0.4 is 0 Å². The third kappa shape index (κ3) is 2.59. The molecule has 4 aliphatic carbocycles. The molecule has 0 N–H and O–H groups in total. The standard InChI is InChI=1S/C23H32O2/c1-2-23-10-3-4-12-25-21-14-20(21)22(23)19-7-5-15-13-16(24)6-8-17(15)18(19)9-11-23/h5,7,13,17-22H,2-4,6,8-12,14H2,1H3/t17-,18+,19+,20+,21-,22+,23-/m0/s1. The highest BCUT2D eigenvalue weighted by Gasteiger charge is 2.59. The molecule has 0 spiro atoms. The van der Waals surface area contributed by atoms with Gasteiger partial charge in [0.1, 0.15) is 0 Å². The molecule has 0 radical (unpaired) electrons. The second kappa shape index (κ2) is 6.08. The van der Waals surface area contributed by atoms with Crippen LogP contribution in [0.3, 0.4) is 0 Å². The van der Waals surface area contributed by atoms with Gasteiger partial charge in [-0.25, -0.2) is 0 Å². The van der Waals surface area contributed by atoms with Crippen molar-refractivity contribution in [2.75, 3.05) is 6.61 Å². The SMILES string of the molecule is CC[C@@]12CCCCO[C@H]3C[C@H]3[C@H]1[C@@H]1C=CC3=CC(=O)CC[C@@H]3[C@H]1CC2. The lowest BCUT2D eigenvalue weighted by Crippen LogP contribution is -2.47. The molecule has 2 saturated carbocycles. The van der Waals surface area contributed by atoms with Crippen LogP contribution in [0, 0.1) is 35.0 Å². The van der Waals surface area contributed by atoms with Gasteiger partial charge in [-0.3, -0.25) is 4.79 Å². The van der Waals surface area contributed by atoms with Gasteiger partial charge in [-0.05, 0) is 85.2 Å². The molecule has 1 aliphatic heterocycles. The van der Waals surface area contributed by atoms with Gasteiger partial charge in [0.15, 0.2) is 5.78 Å². The molecule has 0 aromatic rings. The molecule has 1 saturated heterocycles. The minimum absolute atomic E-state index is 0.339. The zero-order valence-electron chi connectivity index (χ0n) is 15.6. The van der Waals surface area contributed by atoms with Crippen molar-refractivity contribution in [3.05, 3.63) is 23.8 Å². The van der Waals surface area contributed by atoms with Crippen molar-refractivity contribution in [3.63, 3.8) is 0 Å². The largest absolute Gasteiger partial charge is 0.378 e. The number of hydrogen-bond acceptors (Lipinski definition) is 2. The summed E-state index contributed by atoms with van der Waals surface area (Å²) in [6.45, 7) is 3.43. The van der Waals surface area contributed by atoms with E-state index >= 15 is 0 Å². The second-order valence-electron chi connectivity index (χ2n) is 9.40. The summed E-state index contributed by atoms with van der Waals surface area (Å²) in [7, 11) is 0. The highest BCUT2D eigenvalue weighted by molar-refractivity contribution is 5.91. The molecule has 7 atom stereocenters.